The minimum atomic E-state index is -4.48. The van der Waals surface area contributed by atoms with Gasteiger partial charge in [-0.05, 0) is 45.9 Å². The van der Waals surface area contributed by atoms with Gasteiger partial charge in [0.25, 0.3) is 10.1 Å². The number of aryl methyl sites for hydroxylation is 1. The molecule has 174 valence electrons. The molecule has 0 saturated heterocycles. The Labute approximate surface area is 186 Å². The highest BCUT2D eigenvalue weighted by Gasteiger charge is 2.39. The molecule has 0 aliphatic rings. The van der Waals surface area contributed by atoms with Gasteiger partial charge in [0.1, 0.15) is 11.4 Å². The number of ether oxygens (including phenoxy) is 2. The Balaban J connectivity index is 2.51. The van der Waals surface area contributed by atoms with Crippen molar-refractivity contribution in [3.05, 3.63) is 65.5 Å². The number of esters is 1. The molecule has 2 aromatic carbocycles. The van der Waals surface area contributed by atoms with E-state index in [2.05, 4.69) is 5.32 Å². The lowest BCUT2D eigenvalue weighted by Crippen LogP contribution is -2.45. The first-order valence-corrected chi connectivity index (χ1v) is 11.1. The number of carbonyl (C=O) groups excluding carboxylic acids is 2. The molecule has 2 aromatic rings. The van der Waals surface area contributed by atoms with E-state index < -0.39 is 45.7 Å². The first-order valence-electron chi connectivity index (χ1n) is 9.66. The Morgan fingerprint density at radius 1 is 1.03 bits per heavy atom. The van der Waals surface area contributed by atoms with E-state index in [9.17, 15) is 22.4 Å². The van der Waals surface area contributed by atoms with Crippen molar-refractivity contribution in [3.63, 3.8) is 0 Å². The van der Waals surface area contributed by atoms with Crippen molar-refractivity contribution in [2.24, 2.45) is 0 Å². The van der Waals surface area contributed by atoms with Crippen molar-refractivity contribution in [1.82, 2.24) is 5.32 Å². The molecule has 0 saturated carbocycles. The van der Waals surface area contributed by atoms with Crippen LogP contribution in [0.25, 0.3) is 0 Å². The minimum absolute atomic E-state index is 0.187. The second-order valence-corrected chi connectivity index (χ2v) is 9.52. The van der Waals surface area contributed by atoms with Gasteiger partial charge in [-0.15, -0.1) is 0 Å². The zero-order valence-electron chi connectivity index (χ0n) is 18.4. The van der Waals surface area contributed by atoms with E-state index in [0.29, 0.717) is 0 Å². The van der Waals surface area contributed by atoms with Crippen LogP contribution in [0.4, 0.5) is 9.18 Å². The topological polar surface area (TPSA) is 108 Å². The van der Waals surface area contributed by atoms with Crippen molar-refractivity contribution >= 4 is 22.2 Å². The van der Waals surface area contributed by atoms with Gasteiger partial charge in [-0.1, -0.05) is 35.9 Å². The highest BCUT2D eigenvalue weighted by Crippen LogP contribution is 2.27. The summed E-state index contributed by atoms with van der Waals surface area (Å²) in [5, 5.41) is 2.34. The zero-order valence-corrected chi connectivity index (χ0v) is 19.2. The highest BCUT2D eigenvalue weighted by molar-refractivity contribution is 7.86. The Kier molecular flexibility index (Phi) is 7.97. The van der Waals surface area contributed by atoms with E-state index >= 15 is 0 Å². The van der Waals surface area contributed by atoms with Crippen LogP contribution in [0.3, 0.4) is 0 Å². The summed E-state index contributed by atoms with van der Waals surface area (Å²) in [6, 6.07) is 9.39. The summed E-state index contributed by atoms with van der Waals surface area (Å²) in [6.07, 6.45) is -2.94. The maximum atomic E-state index is 14.6. The van der Waals surface area contributed by atoms with Crippen LogP contribution in [0.15, 0.2) is 53.4 Å². The average molecular weight is 468 g/mol. The van der Waals surface area contributed by atoms with Crippen molar-refractivity contribution in [1.29, 1.82) is 0 Å². The molecule has 0 heterocycles. The van der Waals surface area contributed by atoms with Crippen molar-refractivity contribution in [2.45, 2.75) is 50.3 Å². The molecular formula is C22H26FNO7S. The van der Waals surface area contributed by atoms with Crippen LogP contribution in [0.2, 0.25) is 0 Å². The number of amides is 1. The summed E-state index contributed by atoms with van der Waals surface area (Å²) in [5.41, 5.74) is -0.281. The fourth-order valence-electron chi connectivity index (χ4n) is 2.72. The summed E-state index contributed by atoms with van der Waals surface area (Å²) < 4.78 is 55.4. The second-order valence-electron chi connectivity index (χ2n) is 7.95. The van der Waals surface area contributed by atoms with Crippen LogP contribution < -0.4 is 5.32 Å². The number of halogens is 1. The van der Waals surface area contributed by atoms with Gasteiger partial charge in [0, 0.05) is 5.56 Å². The van der Waals surface area contributed by atoms with Gasteiger partial charge in [-0.2, -0.15) is 8.42 Å². The molecule has 1 N–H and O–H groups in total. The second kappa shape index (κ2) is 10.1. The van der Waals surface area contributed by atoms with Crippen LogP contribution in [0.5, 0.6) is 0 Å². The Bertz CT molecular complexity index is 1060. The molecule has 1 amide bonds. The zero-order chi connectivity index (χ0) is 24.1. The van der Waals surface area contributed by atoms with E-state index in [-0.39, 0.29) is 10.5 Å². The van der Waals surface area contributed by atoms with Crippen LogP contribution in [-0.2, 0) is 28.6 Å². The lowest BCUT2D eigenvalue weighted by Gasteiger charge is -2.28. The molecule has 0 spiro atoms. The van der Waals surface area contributed by atoms with E-state index in [4.69, 9.17) is 13.7 Å². The number of alkyl carbamates (subject to hydrolysis) is 1. The summed E-state index contributed by atoms with van der Waals surface area (Å²) in [4.78, 5) is 24.8. The highest BCUT2D eigenvalue weighted by atomic mass is 32.2. The molecule has 0 radical (unpaired) electrons. The van der Waals surface area contributed by atoms with Gasteiger partial charge >= 0.3 is 12.1 Å². The maximum absolute atomic E-state index is 14.6. The van der Waals surface area contributed by atoms with Gasteiger partial charge in [0.05, 0.1) is 18.0 Å². The third kappa shape index (κ3) is 6.76. The molecule has 32 heavy (non-hydrogen) atoms. The Hall–Kier alpha value is -2.98. The summed E-state index contributed by atoms with van der Waals surface area (Å²) in [6.45, 7) is 6.61. The van der Waals surface area contributed by atoms with Crippen molar-refractivity contribution < 1.29 is 36.1 Å². The van der Waals surface area contributed by atoms with Gasteiger partial charge in [-0.25, -0.2) is 18.2 Å². The standard InChI is InChI=1S/C22H26FNO7S/c1-14-10-12-15(13-11-14)32(27,28)31-19(20(25)29-5)18(16-8-6-7-9-17(16)23)24-21(26)30-22(2,3)4/h6-13,18-19H,1-5H3,(H,24,26)/t18-,19+/m0/s1. The summed E-state index contributed by atoms with van der Waals surface area (Å²) >= 11 is 0. The molecule has 8 nitrogen and oxygen atoms in total. The molecule has 2 atom stereocenters. The fourth-order valence-corrected chi connectivity index (χ4v) is 3.77. The largest absolute Gasteiger partial charge is 0.467 e. The first kappa shape index (κ1) is 25.3. The van der Waals surface area contributed by atoms with Gasteiger partial charge in [0.2, 0.25) is 0 Å². The third-order valence-corrected chi connectivity index (χ3v) is 5.50. The third-order valence-electron chi connectivity index (χ3n) is 4.19. The molecule has 0 aliphatic carbocycles. The van der Waals surface area contributed by atoms with Gasteiger partial charge in [0.15, 0.2) is 6.10 Å². The summed E-state index contributed by atoms with van der Waals surface area (Å²) in [5.74, 6) is -1.93. The maximum Gasteiger partial charge on any atom is 0.408 e. The fraction of sp³-hybridized carbons (Fsp3) is 0.364. The molecule has 0 bridgehead atoms. The number of carbonyl (C=O) groups is 2. The molecule has 10 heteroatoms. The predicted octanol–water partition coefficient (Wildman–Crippen LogP) is 3.65. The van der Waals surface area contributed by atoms with Gasteiger partial charge in [-0.3, -0.25) is 0 Å². The Morgan fingerprint density at radius 2 is 1.62 bits per heavy atom. The number of nitrogens with one attached hydrogen (secondary N) is 1. The van der Waals surface area contributed by atoms with E-state index in [1.54, 1.807) is 39.8 Å². The number of hydrogen-bond acceptors (Lipinski definition) is 7. The number of methoxy groups -OCH3 is 1. The van der Waals surface area contributed by atoms with Gasteiger partial charge < -0.3 is 14.8 Å². The van der Waals surface area contributed by atoms with Crippen LogP contribution in [-0.4, -0.2) is 39.3 Å². The SMILES string of the molecule is COC(=O)[C@H](OS(=O)(=O)c1ccc(C)cc1)[C@@H](NC(=O)OC(C)(C)C)c1ccccc1F. The average Bonchev–Trinajstić information content (AvgIpc) is 2.69. The van der Waals surface area contributed by atoms with Crippen LogP contribution in [0, 0.1) is 12.7 Å². The summed E-state index contributed by atoms with van der Waals surface area (Å²) in [7, 11) is -3.47. The quantitative estimate of drug-likeness (QED) is 0.489. The van der Waals surface area contributed by atoms with Crippen LogP contribution in [0.1, 0.15) is 37.9 Å². The smallest absolute Gasteiger partial charge is 0.408 e. The lowest BCUT2D eigenvalue weighted by molar-refractivity contribution is -0.150. The normalized spacial score (nSPS) is 13.7. The van der Waals surface area contributed by atoms with E-state index in [0.717, 1.165) is 18.7 Å². The van der Waals surface area contributed by atoms with Crippen molar-refractivity contribution in [3.8, 4) is 0 Å². The number of hydrogen-bond donors (Lipinski definition) is 1. The minimum Gasteiger partial charge on any atom is -0.467 e. The number of rotatable bonds is 7. The van der Waals surface area contributed by atoms with Crippen LogP contribution >= 0.6 is 0 Å². The predicted molar refractivity (Wildman–Crippen MR) is 114 cm³/mol. The monoisotopic (exact) mass is 467 g/mol. The molecule has 0 unspecified atom stereocenters. The van der Waals surface area contributed by atoms with E-state index in [1.165, 1.54) is 30.3 Å². The number of benzene rings is 2. The molecular weight excluding hydrogens is 441 g/mol. The molecule has 0 aromatic heterocycles. The Morgan fingerprint density at radius 3 is 2.16 bits per heavy atom. The van der Waals surface area contributed by atoms with E-state index in [1.807, 2.05) is 0 Å². The lowest BCUT2D eigenvalue weighted by atomic mass is 10.0. The molecule has 0 fully saturated rings. The molecule has 0 aliphatic heterocycles. The molecule has 2 rings (SSSR count). The first-order chi connectivity index (χ1) is 14.8. The van der Waals surface area contributed by atoms with Crippen molar-refractivity contribution in [2.75, 3.05) is 7.11 Å².